The third-order valence-corrected chi connectivity index (χ3v) is 4.26. The van der Waals surface area contributed by atoms with Crippen LogP contribution in [0.2, 0.25) is 0 Å². The molecule has 0 aromatic heterocycles. The van der Waals surface area contributed by atoms with Crippen molar-refractivity contribution in [3.05, 3.63) is 29.8 Å². The van der Waals surface area contributed by atoms with Crippen LogP contribution >= 0.6 is 0 Å². The van der Waals surface area contributed by atoms with Gasteiger partial charge in [0.15, 0.2) is 0 Å². The van der Waals surface area contributed by atoms with E-state index in [4.69, 9.17) is 10.0 Å². The molecule has 2 rings (SSSR count). The summed E-state index contributed by atoms with van der Waals surface area (Å²) in [7, 11) is 2.52. The predicted octanol–water partition coefficient (Wildman–Crippen LogP) is -0.538. The Morgan fingerprint density at radius 1 is 1.29 bits per heavy atom. The molecular formula is C15H23BN2O3. The molecule has 6 heteroatoms. The minimum Gasteiger partial charge on any atom is -0.423 e. The molecule has 1 fully saturated rings. The first-order valence-corrected chi connectivity index (χ1v) is 7.36. The fourth-order valence-corrected chi connectivity index (χ4v) is 2.69. The van der Waals surface area contributed by atoms with E-state index in [1.54, 1.807) is 24.3 Å². The van der Waals surface area contributed by atoms with Gasteiger partial charge in [-0.3, -0.25) is 4.79 Å². The van der Waals surface area contributed by atoms with Gasteiger partial charge in [-0.2, -0.15) is 0 Å². The molecule has 0 aliphatic carbocycles. The summed E-state index contributed by atoms with van der Waals surface area (Å²) >= 11 is 0. The second kappa shape index (κ2) is 7.07. The van der Waals surface area contributed by atoms with Crippen molar-refractivity contribution in [2.24, 2.45) is 0 Å². The van der Waals surface area contributed by atoms with E-state index in [-0.39, 0.29) is 5.91 Å². The molecule has 1 saturated heterocycles. The number of nitrogens with zero attached hydrogens (tertiary/aromatic N) is 2. The lowest BCUT2D eigenvalue weighted by molar-refractivity contribution is -0.132. The van der Waals surface area contributed by atoms with Crippen molar-refractivity contribution in [2.45, 2.75) is 25.3 Å². The van der Waals surface area contributed by atoms with Crippen LogP contribution in [-0.2, 0) is 11.2 Å². The largest absolute Gasteiger partial charge is 0.488 e. The second-order valence-corrected chi connectivity index (χ2v) is 5.83. The van der Waals surface area contributed by atoms with Gasteiger partial charge in [0, 0.05) is 13.1 Å². The molecule has 0 bridgehead atoms. The van der Waals surface area contributed by atoms with Crippen molar-refractivity contribution in [1.82, 2.24) is 9.80 Å². The van der Waals surface area contributed by atoms with Crippen LogP contribution < -0.4 is 5.46 Å². The summed E-state index contributed by atoms with van der Waals surface area (Å²) in [4.78, 5) is 16.5. The molecule has 0 unspecified atom stereocenters. The third kappa shape index (κ3) is 4.30. The lowest BCUT2D eigenvalue weighted by Gasteiger charge is -2.35. The summed E-state index contributed by atoms with van der Waals surface area (Å²) in [6, 6.07) is 7.16. The molecule has 1 aromatic carbocycles. The standard InChI is InChI=1S/C15H23BN2O3/c1-17-9-7-14(8-10-17)18(2)15(19)11-12-3-5-13(6-4-12)16(20)21/h3-6,14,20-21H,7-11H2,1-2H3. The zero-order valence-corrected chi connectivity index (χ0v) is 12.7. The molecule has 2 N–H and O–H groups in total. The summed E-state index contributed by atoms with van der Waals surface area (Å²) in [5.41, 5.74) is 1.33. The fourth-order valence-electron chi connectivity index (χ4n) is 2.69. The minimum absolute atomic E-state index is 0.113. The average Bonchev–Trinajstić information content (AvgIpc) is 2.47. The van der Waals surface area contributed by atoms with Gasteiger partial charge in [0.25, 0.3) is 0 Å². The zero-order chi connectivity index (χ0) is 15.4. The normalized spacial score (nSPS) is 16.8. The van der Waals surface area contributed by atoms with Gasteiger partial charge in [-0.1, -0.05) is 24.3 Å². The molecule has 1 aliphatic rings. The third-order valence-electron chi connectivity index (χ3n) is 4.26. The molecule has 0 radical (unpaired) electrons. The quantitative estimate of drug-likeness (QED) is 0.731. The summed E-state index contributed by atoms with van der Waals surface area (Å²) in [6.45, 7) is 2.07. The first-order valence-electron chi connectivity index (χ1n) is 7.36. The maximum absolute atomic E-state index is 12.3. The van der Waals surface area contributed by atoms with Crippen LogP contribution in [0.4, 0.5) is 0 Å². The minimum atomic E-state index is -1.46. The van der Waals surface area contributed by atoms with Gasteiger partial charge >= 0.3 is 7.12 Å². The van der Waals surface area contributed by atoms with E-state index < -0.39 is 7.12 Å². The maximum atomic E-state index is 12.3. The summed E-state index contributed by atoms with van der Waals surface area (Å²) in [5, 5.41) is 18.1. The lowest BCUT2D eigenvalue weighted by Crippen LogP contribution is -2.45. The number of hydrogen-bond donors (Lipinski definition) is 2. The number of hydrogen-bond acceptors (Lipinski definition) is 4. The van der Waals surface area contributed by atoms with Gasteiger partial charge in [0.1, 0.15) is 0 Å². The second-order valence-electron chi connectivity index (χ2n) is 5.83. The van der Waals surface area contributed by atoms with Gasteiger partial charge in [-0.25, -0.2) is 0 Å². The molecule has 0 atom stereocenters. The first-order chi connectivity index (χ1) is 9.97. The number of likely N-dealkylation sites (N-methyl/N-ethyl adjacent to an activating group) is 1. The van der Waals surface area contributed by atoms with Crippen LogP contribution in [0, 0.1) is 0 Å². The number of piperidine rings is 1. The highest BCUT2D eigenvalue weighted by atomic mass is 16.4. The predicted molar refractivity (Wildman–Crippen MR) is 83.3 cm³/mol. The summed E-state index contributed by atoms with van der Waals surface area (Å²) < 4.78 is 0. The number of likely N-dealkylation sites (tertiary alicyclic amines) is 1. The van der Waals surface area contributed by atoms with E-state index in [2.05, 4.69) is 11.9 Å². The average molecular weight is 290 g/mol. The molecule has 5 nitrogen and oxygen atoms in total. The van der Waals surface area contributed by atoms with Crippen LogP contribution in [-0.4, -0.2) is 66.1 Å². The number of rotatable bonds is 4. The summed E-state index contributed by atoms with van der Waals surface area (Å²) in [6.07, 6.45) is 2.40. The molecule has 114 valence electrons. The van der Waals surface area contributed by atoms with Crippen LogP contribution in [0.25, 0.3) is 0 Å². The topological polar surface area (TPSA) is 64.0 Å². The lowest BCUT2D eigenvalue weighted by atomic mass is 9.80. The molecular weight excluding hydrogens is 267 g/mol. The van der Waals surface area contributed by atoms with Crippen LogP contribution in [0.15, 0.2) is 24.3 Å². The van der Waals surface area contributed by atoms with Crippen LogP contribution in [0.5, 0.6) is 0 Å². The van der Waals surface area contributed by atoms with E-state index in [1.807, 2.05) is 11.9 Å². The van der Waals surface area contributed by atoms with Gasteiger partial charge in [-0.05, 0) is 44.0 Å². The Labute approximate surface area is 126 Å². The molecule has 0 spiro atoms. The van der Waals surface area contributed by atoms with Gasteiger partial charge < -0.3 is 19.8 Å². The monoisotopic (exact) mass is 290 g/mol. The van der Waals surface area contributed by atoms with Crippen molar-refractivity contribution in [2.75, 3.05) is 27.2 Å². The van der Waals surface area contributed by atoms with Gasteiger partial charge in [0.05, 0.1) is 6.42 Å². The zero-order valence-electron chi connectivity index (χ0n) is 12.7. The van der Waals surface area contributed by atoms with E-state index in [1.165, 1.54) is 0 Å². The molecule has 1 amide bonds. The van der Waals surface area contributed by atoms with Crippen molar-refractivity contribution in [3.63, 3.8) is 0 Å². The highest BCUT2D eigenvalue weighted by molar-refractivity contribution is 6.58. The Morgan fingerprint density at radius 3 is 2.38 bits per heavy atom. The number of benzene rings is 1. The Morgan fingerprint density at radius 2 is 1.86 bits per heavy atom. The SMILES string of the molecule is CN1CCC(N(C)C(=O)Cc2ccc(B(O)O)cc2)CC1. The van der Waals surface area contributed by atoms with Crippen molar-refractivity contribution >= 4 is 18.5 Å². The van der Waals surface area contributed by atoms with Crippen molar-refractivity contribution in [3.8, 4) is 0 Å². The smallest absolute Gasteiger partial charge is 0.423 e. The Balaban J connectivity index is 1.91. The van der Waals surface area contributed by atoms with Gasteiger partial charge in [-0.15, -0.1) is 0 Å². The highest BCUT2D eigenvalue weighted by Gasteiger charge is 2.23. The first kappa shape index (κ1) is 16.0. The van der Waals surface area contributed by atoms with Crippen LogP contribution in [0.3, 0.4) is 0 Å². The molecule has 1 aromatic rings. The maximum Gasteiger partial charge on any atom is 0.488 e. The summed E-state index contributed by atoms with van der Waals surface area (Å²) in [5.74, 6) is 0.113. The molecule has 0 saturated carbocycles. The molecule has 1 heterocycles. The van der Waals surface area contributed by atoms with E-state index in [9.17, 15) is 4.79 Å². The van der Waals surface area contributed by atoms with E-state index in [0.29, 0.717) is 17.9 Å². The number of carbonyl (C=O) groups is 1. The fraction of sp³-hybridized carbons (Fsp3) is 0.533. The Bertz CT molecular complexity index is 470. The number of amides is 1. The van der Waals surface area contributed by atoms with Crippen molar-refractivity contribution in [1.29, 1.82) is 0 Å². The molecule has 1 aliphatic heterocycles. The highest BCUT2D eigenvalue weighted by Crippen LogP contribution is 2.15. The molecule has 21 heavy (non-hydrogen) atoms. The number of carbonyl (C=O) groups excluding carboxylic acids is 1. The Hall–Kier alpha value is -1.37. The van der Waals surface area contributed by atoms with Crippen molar-refractivity contribution < 1.29 is 14.8 Å². The van der Waals surface area contributed by atoms with E-state index >= 15 is 0 Å². The Kier molecular flexibility index (Phi) is 5.39. The van der Waals surface area contributed by atoms with E-state index in [0.717, 1.165) is 31.5 Å². The van der Waals surface area contributed by atoms with Crippen LogP contribution in [0.1, 0.15) is 18.4 Å². The van der Waals surface area contributed by atoms with Gasteiger partial charge in [0.2, 0.25) is 5.91 Å².